The summed E-state index contributed by atoms with van der Waals surface area (Å²) in [6.45, 7) is 4.02. The average Bonchev–Trinajstić information content (AvgIpc) is 3.78. The summed E-state index contributed by atoms with van der Waals surface area (Å²) in [7, 11) is 1.98. The number of carboxylic acid groups (broad SMARTS) is 3. The number of halogens is 1. The van der Waals surface area contributed by atoms with Gasteiger partial charge in [-0.2, -0.15) is 0 Å². The minimum absolute atomic E-state index is 0.0477. The predicted octanol–water partition coefficient (Wildman–Crippen LogP) is 0.991. The number of rotatable bonds is 13. The SMILES string of the molecule is C[C@@H]1S[C@@H]2[C@H](CC(=O)/C(=N\O[C@@H](CC(=O)O)C(=O)O)c3csc(N)n3)C(=O)N2C(C(=O)O)=C1C[N+]1(C)C[C@H]2CN(C(=O)c3cc(O)c(O)c(F)c3)C[C@H]2C1. The van der Waals surface area contributed by atoms with Crippen molar-refractivity contribution in [1.82, 2.24) is 14.8 Å². The Hall–Kier alpha value is -5.28. The van der Waals surface area contributed by atoms with Gasteiger partial charge in [0.25, 0.3) is 5.91 Å². The molecule has 6 rings (SSSR count). The third-order valence-electron chi connectivity index (χ3n) is 10.1. The highest BCUT2D eigenvalue weighted by molar-refractivity contribution is 8.00. The van der Waals surface area contributed by atoms with Crippen LogP contribution in [0.3, 0.4) is 0 Å². The van der Waals surface area contributed by atoms with E-state index in [1.807, 2.05) is 14.0 Å². The minimum atomic E-state index is -1.92. The fraction of sp³-hybridized carbons (Fsp3) is 0.455. The molecule has 0 spiro atoms. The molecule has 1 aromatic carbocycles. The van der Waals surface area contributed by atoms with E-state index < -0.39 is 88.8 Å². The zero-order valence-electron chi connectivity index (χ0n) is 28.7. The second-order valence-electron chi connectivity index (χ2n) is 14.0. The Bertz CT molecular complexity index is 1980. The van der Waals surface area contributed by atoms with Gasteiger partial charge in [-0.15, -0.1) is 23.1 Å². The maximum Gasteiger partial charge on any atom is 0.352 e. The van der Waals surface area contributed by atoms with Crippen molar-refractivity contribution < 1.29 is 68.0 Å². The summed E-state index contributed by atoms with van der Waals surface area (Å²) in [6, 6.07) is 1.89. The molecule has 1 aromatic heterocycles. The Morgan fingerprint density at radius 3 is 2.35 bits per heavy atom. The Balaban J connectivity index is 1.15. The van der Waals surface area contributed by atoms with Crippen LogP contribution in [0.25, 0.3) is 0 Å². The van der Waals surface area contributed by atoms with Gasteiger partial charge in [-0.3, -0.25) is 24.1 Å². The molecule has 2 amide bonds. The van der Waals surface area contributed by atoms with Gasteiger partial charge in [0.15, 0.2) is 33.9 Å². The molecule has 3 fully saturated rings. The molecule has 0 saturated carbocycles. The molecule has 7 atom stereocenters. The zero-order chi connectivity index (χ0) is 39.4. The summed E-state index contributed by atoms with van der Waals surface area (Å²) in [5, 5.41) is 52.0. The predicted molar refractivity (Wildman–Crippen MR) is 187 cm³/mol. The number of oxime groups is 1. The van der Waals surface area contributed by atoms with Gasteiger partial charge in [0.2, 0.25) is 12.0 Å². The number of phenolic OH excluding ortho intramolecular Hbond substituents is 2. The highest BCUT2D eigenvalue weighted by Gasteiger charge is 2.57. The first-order valence-corrected chi connectivity index (χ1v) is 18.4. The summed E-state index contributed by atoms with van der Waals surface area (Å²) >= 11 is 2.27. The fourth-order valence-corrected chi connectivity index (χ4v) is 9.77. The van der Waals surface area contributed by atoms with Crippen LogP contribution in [0.15, 0.2) is 33.9 Å². The molecule has 3 saturated heterocycles. The number of thioether (sulfide) groups is 1. The lowest BCUT2D eigenvalue weighted by Gasteiger charge is -2.51. The molecule has 7 N–H and O–H groups in total. The highest BCUT2D eigenvalue weighted by atomic mass is 32.2. The number of nitrogens with two attached hydrogens (primary N) is 1. The number of likely N-dealkylation sites (N-methyl/N-ethyl adjacent to an activating group) is 1. The number of β-lactam (4-membered cyclic amide) rings is 1. The number of benzene rings is 1. The quantitative estimate of drug-likeness (QED) is 0.0543. The first kappa shape index (κ1) is 38.4. The third-order valence-corrected chi connectivity index (χ3v) is 12.3. The third kappa shape index (κ3) is 7.29. The van der Waals surface area contributed by atoms with Crippen LogP contribution in [-0.4, -0.2) is 143 Å². The van der Waals surface area contributed by atoms with Crippen molar-refractivity contribution in [1.29, 1.82) is 0 Å². The molecule has 54 heavy (non-hydrogen) atoms. The number of nitrogens with zero attached hydrogens (tertiary/aromatic N) is 5. The molecule has 0 aliphatic carbocycles. The molecule has 4 aliphatic rings. The number of nitrogen functional groups attached to an aromatic ring is 1. The van der Waals surface area contributed by atoms with Gasteiger partial charge in [0.05, 0.1) is 37.8 Å². The Labute approximate surface area is 313 Å². The van der Waals surface area contributed by atoms with Gasteiger partial charge < -0.3 is 45.5 Å². The molecular weight excluding hydrogens is 756 g/mol. The number of carbonyl (C=O) groups excluding carboxylic acids is 3. The topological polar surface area (TPSA) is 271 Å². The Kier molecular flexibility index (Phi) is 10.3. The molecule has 21 heteroatoms. The molecule has 0 bridgehead atoms. The maximum atomic E-state index is 14.0. The van der Waals surface area contributed by atoms with E-state index >= 15 is 0 Å². The first-order valence-electron chi connectivity index (χ1n) is 16.6. The van der Waals surface area contributed by atoms with Gasteiger partial charge in [-0.1, -0.05) is 5.16 Å². The number of ketones is 1. The van der Waals surface area contributed by atoms with Gasteiger partial charge in [-0.05, 0) is 19.1 Å². The molecule has 18 nitrogen and oxygen atoms in total. The zero-order valence-corrected chi connectivity index (χ0v) is 30.4. The van der Waals surface area contributed by atoms with Crippen molar-refractivity contribution in [2.75, 3.05) is 45.5 Å². The van der Waals surface area contributed by atoms with E-state index in [1.165, 1.54) is 22.0 Å². The van der Waals surface area contributed by atoms with Gasteiger partial charge >= 0.3 is 17.9 Å². The largest absolute Gasteiger partial charge is 0.504 e. The maximum absolute atomic E-state index is 14.0. The van der Waals surface area contributed by atoms with Crippen LogP contribution in [0.5, 0.6) is 11.5 Å². The monoisotopic (exact) mass is 791 g/mol. The number of quaternary nitrogens is 1. The van der Waals surface area contributed by atoms with Crippen molar-refractivity contribution in [2.45, 2.75) is 36.5 Å². The first-order chi connectivity index (χ1) is 25.4. The van der Waals surface area contributed by atoms with Crippen molar-refractivity contribution in [2.24, 2.45) is 22.9 Å². The van der Waals surface area contributed by atoms with Crippen LogP contribution >= 0.6 is 23.1 Å². The fourth-order valence-electron chi connectivity index (χ4n) is 7.72. The van der Waals surface area contributed by atoms with E-state index in [0.29, 0.717) is 42.8 Å². The van der Waals surface area contributed by atoms with Crippen molar-refractivity contribution in [3.05, 3.63) is 45.9 Å². The number of fused-ring (bicyclic) bond motifs is 2. The van der Waals surface area contributed by atoms with Crippen LogP contribution in [-0.2, 0) is 28.8 Å². The number of aromatic hydroxyl groups is 2. The van der Waals surface area contributed by atoms with E-state index in [-0.39, 0.29) is 39.2 Å². The number of thiazole rings is 1. The summed E-state index contributed by atoms with van der Waals surface area (Å²) in [6.07, 6.45) is -3.33. The van der Waals surface area contributed by atoms with Crippen LogP contribution in [0.1, 0.15) is 35.8 Å². The van der Waals surface area contributed by atoms with E-state index in [9.17, 15) is 53.6 Å². The smallest absolute Gasteiger partial charge is 0.352 e. The molecule has 288 valence electrons. The number of amides is 2. The van der Waals surface area contributed by atoms with Crippen LogP contribution in [0, 0.1) is 23.6 Å². The summed E-state index contributed by atoms with van der Waals surface area (Å²) in [5.74, 6) is -9.96. The number of carboxylic acids is 3. The second kappa shape index (κ2) is 14.5. The number of hydrogen-bond acceptors (Lipinski definition) is 14. The number of likely N-dealkylation sites (tertiary alicyclic amines) is 2. The van der Waals surface area contributed by atoms with Crippen LogP contribution < -0.4 is 5.73 Å². The lowest BCUT2D eigenvalue weighted by atomic mass is 9.88. The molecule has 1 unspecified atom stereocenters. The van der Waals surface area contributed by atoms with Gasteiger partial charge in [0, 0.05) is 53.1 Å². The van der Waals surface area contributed by atoms with Gasteiger partial charge in [-0.25, -0.2) is 19.0 Å². The normalized spacial score (nSPS) is 26.9. The Morgan fingerprint density at radius 1 is 1.13 bits per heavy atom. The summed E-state index contributed by atoms with van der Waals surface area (Å²) in [4.78, 5) is 87.4. The Morgan fingerprint density at radius 2 is 1.80 bits per heavy atom. The lowest BCUT2D eigenvalue weighted by Crippen LogP contribution is -2.63. The van der Waals surface area contributed by atoms with Crippen molar-refractivity contribution >= 4 is 69.4 Å². The number of anilines is 1. The number of aromatic nitrogens is 1. The van der Waals surface area contributed by atoms with Crippen molar-refractivity contribution in [3.63, 3.8) is 0 Å². The van der Waals surface area contributed by atoms with Crippen molar-refractivity contribution in [3.8, 4) is 11.5 Å². The minimum Gasteiger partial charge on any atom is -0.504 e. The number of phenols is 2. The van der Waals surface area contributed by atoms with Crippen LogP contribution in [0.2, 0.25) is 0 Å². The molecule has 2 aromatic rings. The van der Waals surface area contributed by atoms with Gasteiger partial charge in [0.1, 0.15) is 17.9 Å². The van der Waals surface area contributed by atoms with E-state index in [1.54, 1.807) is 4.90 Å². The summed E-state index contributed by atoms with van der Waals surface area (Å²) < 4.78 is 14.4. The number of carbonyl (C=O) groups is 6. The molecule has 0 radical (unpaired) electrons. The van der Waals surface area contributed by atoms with E-state index in [4.69, 9.17) is 15.7 Å². The van der Waals surface area contributed by atoms with Crippen LogP contribution in [0.4, 0.5) is 9.52 Å². The van der Waals surface area contributed by atoms with E-state index in [2.05, 4.69) is 10.1 Å². The summed E-state index contributed by atoms with van der Waals surface area (Å²) in [5.41, 5.74) is 5.46. The number of Topliss-reactive ketones (excluding diaryl/α,β-unsaturated/α-hetero) is 1. The lowest BCUT2D eigenvalue weighted by molar-refractivity contribution is -0.896. The average molecular weight is 792 g/mol. The molecule has 5 heterocycles. The molecular formula is C33H36FN6O12S2+. The standard InChI is InChI=1S/C33H35FN6O12S2/c1-13-18(11-40(2)9-15-7-38(8-16(15)10-40)28(46)14-3-19(34)27(45)22(42)4-14)26(32(50)51)39-29(47)17(30(39)54-13)5-21(41)25(20-12-53-33(35)36-20)37-52-23(31(48)49)6-24(43)44/h3-4,12-13,15-17,23,30H,5-11H2,1-2H3,(H6-,35,36,37,41,42,43,44,45,46,48,49,50,51)/p+1/t13-,15-,16+,17+,23-,30+,40?/m0/s1. The number of aliphatic carboxylic acids is 3. The molecule has 4 aliphatic heterocycles. The second-order valence-corrected chi connectivity index (χ2v) is 16.4. The van der Waals surface area contributed by atoms with E-state index in [0.717, 1.165) is 23.5 Å². The number of hydrogen-bond donors (Lipinski definition) is 6. The highest BCUT2D eigenvalue weighted by Crippen LogP contribution is 2.49.